The van der Waals surface area contributed by atoms with Gasteiger partial charge in [0.15, 0.2) is 19.9 Å². The second kappa shape index (κ2) is 7.99. The minimum Gasteiger partial charge on any atom is -0.481 e. The van der Waals surface area contributed by atoms with Crippen molar-refractivity contribution in [2.24, 2.45) is 0 Å². The van der Waals surface area contributed by atoms with Gasteiger partial charge < -0.3 is 9.47 Å². The molecule has 0 radical (unpaired) electrons. The van der Waals surface area contributed by atoms with Crippen LogP contribution in [0.25, 0.3) is 5.65 Å². The number of imidazole rings is 1. The third-order valence-corrected chi connectivity index (χ3v) is 6.32. The number of methoxy groups -OCH3 is 2. The number of urea groups is 1. The molecule has 3 aromatic heterocycles. The fourth-order valence-corrected chi connectivity index (χ4v) is 5.09. The Morgan fingerprint density at radius 1 is 1.03 bits per heavy atom. The van der Waals surface area contributed by atoms with Crippen molar-refractivity contribution in [1.82, 2.24) is 24.1 Å². The molecule has 3 aromatic rings. The molecule has 0 unspecified atom stereocenters. The number of aromatic nitrogens is 4. The SMILES string of the molecule is COc1cc(OC)nc(NC(=O)NS(=O)(=O)c2c(S(C)(=O)=O)nc3ccc(C)cn23)n1. The summed E-state index contributed by atoms with van der Waals surface area (Å²) in [4.78, 5) is 24.0. The summed E-state index contributed by atoms with van der Waals surface area (Å²) in [6.45, 7) is 1.68. The first-order chi connectivity index (χ1) is 14.4. The number of amides is 2. The molecule has 2 N–H and O–H groups in total. The lowest BCUT2D eigenvalue weighted by Crippen LogP contribution is -2.36. The standard InChI is InChI=1S/C16H18N6O7S2/c1-9-5-6-10-17-13(30(4,24)25)14(22(10)8-9)31(26,27)21-16(23)20-15-18-11(28-2)7-12(19-15)29-3/h5-8H,1-4H3,(H2,18,19,20,21,23). The summed E-state index contributed by atoms with van der Waals surface area (Å²) in [5, 5.41) is 0.739. The van der Waals surface area contributed by atoms with Crippen molar-refractivity contribution < 1.29 is 31.1 Å². The molecule has 166 valence electrons. The van der Waals surface area contributed by atoms with Crippen molar-refractivity contribution in [3.63, 3.8) is 0 Å². The van der Waals surface area contributed by atoms with Crippen LogP contribution in [-0.4, -0.2) is 62.7 Å². The maximum absolute atomic E-state index is 12.9. The first-order valence-corrected chi connectivity index (χ1v) is 11.8. The zero-order valence-electron chi connectivity index (χ0n) is 16.8. The van der Waals surface area contributed by atoms with Gasteiger partial charge >= 0.3 is 6.03 Å². The Morgan fingerprint density at radius 3 is 2.19 bits per heavy atom. The topological polar surface area (TPSA) is 171 Å². The van der Waals surface area contributed by atoms with Crippen molar-refractivity contribution in [3.05, 3.63) is 30.0 Å². The lowest BCUT2D eigenvalue weighted by Gasteiger charge is -2.10. The lowest BCUT2D eigenvalue weighted by atomic mass is 10.3. The average molecular weight is 470 g/mol. The summed E-state index contributed by atoms with van der Waals surface area (Å²) >= 11 is 0. The Morgan fingerprint density at radius 2 is 1.65 bits per heavy atom. The van der Waals surface area contributed by atoms with E-state index in [-0.39, 0.29) is 23.4 Å². The molecular weight excluding hydrogens is 452 g/mol. The molecule has 0 aromatic carbocycles. The van der Waals surface area contributed by atoms with Crippen LogP contribution in [0.2, 0.25) is 0 Å². The van der Waals surface area contributed by atoms with Gasteiger partial charge in [0, 0.05) is 12.5 Å². The van der Waals surface area contributed by atoms with Gasteiger partial charge in [-0.05, 0) is 18.6 Å². The maximum Gasteiger partial charge on any atom is 0.335 e. The average Bonchev–Trinajstić information content (AvgIpc) is 3.07. The predicted molar refractivity (Wildman–Crippen MR) is 108 cm³/mol. The van der Waals surface area contributed by atoms with E-state index in [2.05, 4.69) is 20.3 Å². The molecule has 2 amide bonds. The van der Waals surface area contributed by atoms with Gasteiger partial charge in [0.05, 0.1) is 20.3 Å². The number of anilines is 1. The number of hydrogen-bond acceptors (Lipinski definition) is 10. The molecule has 13 nitrogen and oxygen atoms in total. The van der Waals surface area contributed by atoms with Crippen LogP contribution in [0.15, 0.2) is 34.4 Å². The van der Waals surface area contributed by atoms with Gasteiger partial charge in [-0.1, -0.05) is 6.07 Å². The summed E-state index contributed by atoms with van der Waals surface area (Å²) in [6, 6.07) is 3.20. The number of hydrogen-bond donors (Lipinski definition) is 2. The van der Waals surface area contributed by atoms with Gasteiger partial charge in [0.25, 0.3) is 10.0 Å². The monoisotopic (exact) mass is 470 g/mol. The first-order valence-electron chi connectivity index (χ1n) is 8.44. The molecule has 0 saturated heterocycles. The van der Waals surface area contributed by atoms with Gasteiger partial charge in [-0.2, -0.15) is 18.4 Å². The molecule has 3 heterocycles. The number of carbonyl (C=O) groups excluding carboxylic acids is 1. The van der Waals surface area contributed by atoms with Crippen molar-refractivity contribution in [1.29, 1.82) is 0 Å². The van der Waals surface area contributed by atoms with E-state index >= 15 is 0 Å². The van der Waals surface area contributed by atoms with Crippen LogP contribution in [0.1, 0.15) is 5.56 Å². The van der Waals surface area contributed by atoms with Crippen molar-refractivity contribution >= 4 is 37.5 Å². The number of sulfonamides is 1. The largest absolute Gasteiger partial charge is 0.481 e. The summed E-state index contributed by atoms with van der Waals surface area (Å²) in [7, 11) is -6.07. The summed E-state index contributed by atoms with van der Waals surface area (Å²) in [6.07, 6.45) is 2.20. The van der Waals surface area contributed by atoms with Gasteiger partial charge in [-0.15, -0.1) is 0 Å². The van der Waals surface area contributed by atoms with Crippen LogP contribution < -0.4 is 19.5 Å². The molecule has 3 rings (SSSR count). The van der Waals surface area contributed by atoms with E-state index in [0.29, 0.717) is 5.56 Å². The van der Waals surface area contributed by atoms with Gasteiger partial charge in [-0.25, -0.2) is 22.9 Å². The molecule has 0 aliphatic heterocycles. The molecule has 0 aliphatic rings. The van der Waals surface area contributed by atoms with Crippen LogP contribution in [0, 0.1) is 6.92 Å². The normalized spacial score (nSPS) is 11.9. The van der Waals surface area contributed by atoms with Crippen LogP contribution in [0.3, 0.4) is 0 Å². The lowest BCUT2D eigenvalue weighted by molar-refractivity contribution is 0.256. The highest BCUT2D eigenvalue weighted by Crippen LogP contribution is 2.23. The highest BCUT2D eigenvalue weighted by molar-refractivity contribution is 7.93. The molecule has 15 heteroatoms. The summed E-state index contributed by atoms with van der Waals surface area (Å²) in [5.41, 5.74) is 0.718. The van der Waals surface area contributed by atoms with Crippen molar-refractivity contribution in [3.8, 4) is 11.8 Å². The van der Waals surface area contributed by atoms with E-state index < -0.39 is 35.9 Å². The Bertz CT molecular complexity index is 1360. The third kappa shape index (κ3) is 4.66. The Kier molecular flexibility index (Phi) is 5.73. The molecule has 0 fully saturated rings. The number of fused-ring (bicyclic) bond motifs is 1. The van der Waals surface area contributed by atoms with Gasteiger partial charge in [0.2, 0.25) is 17.7 Å². The zero-order valence-corrected chi connectivity index (χ0v) is 18.4. The summed E-state index contributed by atoms with van der Waals surface area (Å²) in [5.74, 6) is -0.190. The second-order valence-corrected chi connectivity index (χ2v) is 9.79. The van der Waals surface area contributed by atoms with Crippen molar-refractivity contribution in [2.75, 3.05) is 25.8 Å². The van der Waals surface area contributed by atoms with Crippen molar-refractivity contribution in [2.45, 2.75) is 17.0 Å². The number of rotatable bonds is 6. The molecule has 0 saturated carbocycles. The van der Waals surface area contributed by atoms with Gasteiger partial charge in [-0.3, -0.25) is 9.72 Å². The van der Waals surface area contributed by atoms with E-state index in [1.165, 1.54) is 32.5 Å². The van der Waals surface area contributed by atoms with E-state index in [1.807, 2.05) is 0 Å². The van der Waals surface area contributed by atoms with Crippen LogP contribution in [0.4, 0.5) is 10.7 Å². The van der Waals surface area contributed by atoms with E-state index in [4.69, 9.17) is 9.47 Å². The number of aryl methyl sites for hydroxylation is 1. The number of nitrogens with one attached hydrogen (secondary N) is 2. The smallest absolute Gasteiger partial charge is 0.335 e. The van der Waals surface area contributed by atoms with Crippen LogP contribution >= 0.6 is 0 Å². The van der Waals surface area contributed by atoms with E-state index in [9.17, 15) is 21.6 Å². The summed E-state index contributed by atoms with van der Waals surface area (Å²) < 4.78 is 62.9. The number of pyridine rings is 1. The Hall–Kier alpha value is -3.46. The molecule has 0 bridgehead atoms. The zero-order chi connectivity index (χ0) is 23.0. The van der Waals surface area contributed by atoms with Crippen LogP contribution in [-0.2, 0) is 19.9 Å². The Labute approximate surface area is 177 Å². The third-order valence-electron chi connectivity index (χ3n) is 3.85. The highest BCUT2D eigenvalue weighted by atomic mass is 32.2. The predicted octanol–water partition coefficient (Wildman–Crippen LogP) is 0.364. The van der Waals surface area contributed by atoms with E-state index in [0.717, 1.165) is 10.7 Å². The first kappa shape index (κ1) is 22.2. The maximum atomic E-state index is 12.9. The number of nitrogens with zero attached hydrogens (tertiary/aromatic N) is 4. The minimum absolute atomic E-state index is 0.0571. The molecule has 31 heavy (non-hydrogen) atoms. The highest BCUT2D eigenvalue weighted by Gasteiger charge is 2.32. The number of ether oxygens (including phenoxy) is 2. The van der Waals surface area contributed by atoms with Crippen LogP contribution in [0.5, 0.6) is 11.8 Å². The number of sulfone groups is 1. The Balaban J connectivity index is 2.00. The minimum atomic E-state index is -4.68. The van der Waals surface area contributed by atoms with Gasteiger partial charge in [0.1, 0.15) is 5.65 Å². The quantitative estimate of drug-likeness (QED) is 0.512. The fourth-order valence-electron chi connectivity index (χ4n) is 2.56. The fraction of sp³-hybridized carbons (Fsp3) is 0.250. The molecule has 0 spiro atoms. The molecule has 0 aliphatic carbocycles. The molecular formula is C16H18N6O7S2. The molecule has 0 atom stereocenters. The number of carbonyl (C=O) groups is 1. The second-order valence-electron chi connectivity index (χ2n) is 6.26. The van der Waals surface area contributed by atoms with E-state index in [1.54, 1.807) is 17.7 Å².